The van der Waals surface area contributed by atoms with Gasteiger partial charge in [0.25, 0.3) is 5.91 Å². The molecule has 2 aliphatic heterocycles. The number of benzene rings is 1. The van der Waals surface area contributed by atoms with E-state index in [9.17, 15) is 18.4 Å². The lowest BCUT2D eigenvalue weighted by atomic mass is 10.0. The second kappa shape index (κ2) is 6.31. The second-order valence-corrected chi connectivity index (χ2v) is 6.10. The lowest BCUT2D eigenvalue weighted by molar-refractivity contribution is 0.0665. The topological polar surface area (TPSA) is 52.7 Å². The van der Waals surface area contributed by atoms with Crippen LogP contribution in [0.15, 0.2) is 12.1 Å². The average Bonchev–Trinajstić information content (AvgIpc) is 2.96. The Balaban J connectivity index is 1.67. The van der Waals surface area contributed by atoms with Gasteiger partial charge < -0.3 is 15.1 Å². The van der Waals surface area contributed by atoms with Crippen LogP contribution in [0.3, 0.4) is 0 Å². The fraction of sp³-hybridized carbons (Fsp3) is 0.467. The molecule has 0 radical (unpaired) electrons. The molecule has 3 amide bonds. The molecule has 2 heterocycles. The molecular weight excluding hydrogens is 328 g/mol. The van der Waals surface area contributed by atoms with Crippen LogP contribution in [0, 0.1) is 11.6 Å². The molecule has 0 spiro atoms. The van der Waals surface area contributed by atoms with Crippen molar-refractivity contribution in [3.8, 4) is 0 Å². The lowest BCUT2D eigenvalue weighted by Gasteiger charge is -2.36. The Morgan fingerprint density at radius 2 is 1.83 bits per heavy atom. The van der Waals surface area contributed by atoms with Gasteiger partial charge in [-0.3, -0.25) is 4.79 Å². The van der Waals surface area contributed by atoms with Gasteiger partial charge in [-0.15, -0.1) is 0 Å². The zero-order valence-corrected chi connectivity index (χ0v) is 13.1. The number of rotatable bonds is 2. The molecule has 1 aromatic rings. The third-order valence-corrected chi connectivity index (χ3v) is 4.64. The molecule has 0 unspecified atom stereocenters. The van der Waals surface area contributed by atoms with Crippen LogP contribution in [0.5, 0.6) is 0 Å². The predicted molar refractivity (Wildman–Crippen MR) is 80.4 cm³/mol. The number of carbonyl (C=O) groups excluding carboxylic acids is 2. The van der Waals surface area contributed by atoms with Gasteiger partial charge in [-0.05, 0) is 25.0 Å². The largest absolute Gasteiger partial charge is 0.338 e. The second-order valence-electron chi connectivity index (χ2n) is 5.69. The molecule has 8 heteroatoms. The molecule has 0 aromatic heterocycles. The van der Waals surface area contributed by atoms with Crippen molar-refractivity contribution in [2.75, 3.05) is 26.2 Å². The molecule has 0 saturated carbocycles. The summed E-state index contributed by atoms with van der Waals surface area (Å²) in [5, 5.41) is 2.66. The highest BCUT2D eigenvalue weighted by molar-refractivity contribution is 6.33. The molecule has 2 saturated heterocycles. The summed E-state index contributed by atoms with van der Waals surface area (Å²) in [7, 11) is 0. The van der Waals surface area contributed by atoms with Crippen LogP contribution >= 0.6 is 11.6 Å². The first-order valence-electron chi connectivity index (χ1n) is 7.45. The van der Waals surface area contributed by atoms with Gasteiger partial charge in [-0.25, -0.2) is 13.6 Å². The monoisotopic (exact) mass is 343 g/mol. The average molecular weight is 344 g/mol. The Morgan fingerprint density at radius 3 is 2.43 bits per heavy atom. The number of halogens is 3. The van der Waals surface area contributed by atoms with E-state index in [0.29, 0.717) is 39.0 Å². The normalized spacial score (nSPS) is 19.2. The van der Waals surface area contributed by atoms with Crippen molar-refractivity contribution in [2.45, 2.75) is 18.9 Å². The molecule has 23 heavy (non-hydrogen) atoms. The van der Waals surface area contributed by atoms with Gasteiger partial charge in [-0.2, -0.15) is 0 Å². The molecular formula is C15H16ClF2N3O2. The first-order valence-corrected chi connectivity index (χ1v) is 7.83. The molecule has 3 rings (SSSR count). The maximum absolute atomic E-state index is 13.3. The molecule has 0 aliphatic carbocycles. The molecule has 0 bridgehead atoms. The Bertz CT molecular complexity index is 648. The van der Waals surface area contributed by atoms with E-state index >= 15 is 0 Å². The summed E-state index contributed by atoms with van der Waals surface area (Å²) in [4.78, 5) is 27.4. The van der Waals surface area contributed by atoms with Crippen molar-refractivity contribution in [2.24, 2.45) is 0 Å². The molecule has 1 N–H and O–H groups in total. The summed E-state index contributed by atoms with van der Waals surface area (Å²) >= 11 is 5.85. The number of amides is 3. The highest BCUT2D eigenvalue weighted by Crippen LogP contribution is 2.24. The highest BCUT2D eigenvalue weighted by Gasteiger charge is 2.32. The maximum atomic E-state index is 13.3. The van der Waals surface area contributed by atoms with E-state index in [0.717, 1.165) is 12.1 Å². The van der Waals surface area contributed by atoms with Crippen LogP contribution in [0.2, 0.25) is 5.02 Å². The molecule has 5 nitrogen and oxygen atoms in total. The van der Waals surface area contributed by atoms with E-state index in [4.69, 9.17) is 11.6 Å². The van der Waals surface area contributed by atoms with Crippen molar-refractivity contribution in [1.29, 1.82) is 0 Å². The third-order valence-electron chi connectivity index (χ3n) is 4.32. The molecule has 124 valence electrons. The van der Waals surface area contributed by atoms with Crippen LogP contribution in [0.25, 0.3) is 0 Å². The number of carbonyl (C=O) groups is 2. The minimum atomic E-state index is -1.10. The van der Waals surface area contributed by atoms with Crippen molar-refractivity contribution in [1.82, 2.24) is 15.1 Å². The fourth-order valence-corrected chi connectivity index (χ4v) is 3.30. The minimum absolute atomic E-state index is 0.0390. The highest BCUT2D eigenvalue weighted by atomic mass is 35.5. The first kappa shape index (κ1) is 16.0. The fourth-order valence-electron chi connectivity index (χ4n) is 3.07. The van der Waals surface area contributed by atoms with Gasteiger partial charge in [-0.1, -0.05) is 11.6 Å². The van der Waals surface area contributed by atoms with Crippen LogP contribution < -0.4 is 5.32 Å². The summed E-state index contributed by atoms with van der Waals surface area (Å²) in [5.74, 6) is -2.59. The Kier molecular flexibility index (Phi) is 4.39. The van der Waals surface area contributed by atoms with Crippen LogP contribution in [-0.4, -0.2) is 54.0 Å². The van der Waals surface area contributed by atoms with E-state index < -0.39 is 17.5 Å². The van der Waals surface area contributed by atoms with Crippen molar-refractivity contribution >= 4 is 23.5 Å². The van der Waals surface area contributed by atoms with Crippen LogP contribution in [0.1, 0.15) is 23.2 Å². The van der Waals surface area contributed by atoms with Gasteiger partial charge >= 0.3 is 6.03 Å². The van der Waals surface area contributed by atoms with E-state index in [1.807, 2.05) is 0 Å². The Hall–Kier alpha value is -1.89. The number of piperidine rings is 1. The number of urea groups is 1. The van der Waals surface area contributed by atoms with Crippen molar-refractivity contribution in [3.05, 3.63) is 34.4 Å². The Morgan fingerprint density at radius 1 is 1.17 bits per heavy atom. The molecule has 1 aromatic carbocycles. The first-order chi connectivity index (χ1) is 11.0. The standard InChI is InChI=1S/C15H16ClF2N3O2/c16-11-8-13(18)12(17)7-10(11)14(22)20-4-1-9(2-5-20)21-6-3-19-15(21)23/h7-9H,1-6H2,(H,19,23). The molecule has 2 fully saturated rings. The quantitative estimate of drug-likeness (QED) is 0.837. The van der Waals surface area contributed by atoms with E-state index in [-0.39, 0.29) is 22.7 Å². The van der Waals surface area contributed by atoms with Crippen LogP contribution in [0.4, 0.5) is 13.6 Å². The van der Waals surface area contributed by atoms with Gasteiger partial charge in [0.2, 0.25) is 0 Å². The van der Waals surface area contributed by atoms with E-state index in [2.05, 4.69) is 5.32 Å². The summed E-state index contributed by atoms with van der Waals surface area (Å²) < 4.78 is 26.4. The summed E-state index contributed by atoms with van der Waals surface area (Å²) in [6.07, 6.45) is 1.31. The minimum Gasteiger partial charge on any atom is -0.338 e. The smallest absolute Gasteiger partial charge is 0.317 e. The van der Waals surface area contributed by atoms with Gasteiger partial charge in [0, 0.05) is 32.2 Å². The lowest BCUT2D eigenvalue weighted by Crippen LogP contribution is -2.47. The van der Waals surface area contributed by atoms with Gasteiger partial charge in [0.15, 0.2) is 11.6 Å². The van der Waals surface area contributed by atoms with Crippen LogP contribution in [-0.2, 0) is 0 Å². The third kappa shape index (κ3) is 3.10. The predicted octanol–water partition coefficient (Wildman–Crippen LogP) is 2.25. The molecule has 0 atom stereocenters. The van der Waals surface area contributed by atoms with Gasteiger partial charge in [0.05, 0.1) is 10.6 Å². The van der Waals surface area contributed by atoms with E-state index in [1.165, 1.54) is 0 Å². The number of nitrogens with one attached hydrogen (secondary N) is 1. The summed E-state index contributed by atoms with van der Waals surface area (Å²) in [6, 6.07) is 1.67. The molecule has 2 aliphatic rings. The maximum Gasteiger partial charge on any atom is 0.317 e. The zero-order valence-electron chi connectivity index (χ0n) is 12.3. The number of nitrogens with zero attached hydrogens (tertiary/aromatic N) is 2. The Labute approximate surface area is 137 Å². The van der Waals surface area contributed by atoms with Crippen molar-refractivity contribution in [3.63, 3.8) is 0 Å². The van der Waals surface area contributed by atoms with Crippen molar-refractivity contribution < 1.29 is 18.4 Å². The zero-order chi connectivity index (χ0) is 16.6. The SMILES string of the molecule is O=C(c1cc(F)c(F)cc1Cl)N1CCC(N2CCNC2=O)CC1. The summed E-state index contributed by atoms with van der Waals surface area (Å²) in [5.41, 5.74) is -0.0390. The van der Waals surface area contributed by atoms with Gasteiger partial charge in [0.1, 0.15) is 0 Å². The van der Waals surface area contributed by atoms with E-state index in [1.54, 1.807) is 9.80 Å². The number of hydrogen-bond donors (Lipinski definition) is 1. The number of hydrogen-bond acceptors (Lipinski definition) is 2. The number of likely N-dealkylation sites (tertiary alicyclic amines) is 1. The summed E-state index contributed by atoms with van der Waals surface area (Å²) in [6.45, 7) is 2.21.